The Bertz CT molecular complexity index is 983. The largest absolute Gasteiger partial charge is 0.329 e. The number of amides is 1. The van der Waals surface area contributed by atoms with Crippen LogP contribution in [0, 0.1) is 0 Å². The van der Waals surface area contributed by atoms with E-state index in [2.05, 4.69) is 15.3 Å². The summed E-state index contributed by atoms with van der Waals surface area (Å²) in [5.41, 5.74) is 0.607. The molecule has 148 valence electrons. The molecule has 0 radical (unpaired) electrons. The molecule has 28 heavy (non-hydrogen) atoms. The first-order valence-corrected chi connectivity index (χ1v) is 9.98. The highest BCUT2D eigenvalue weighted by molar-refractivity contribution is 7.15. The van der Waals surface area contributed by atoms with Gasteiger partial charge in [0.2, 0.25) is 0 Å². The minimum atomic E-state index is -0.316. The highest BCUT2D eigenvalue weighted by Gasteiger charge is 2.28. The van der Waals surface area contributed by atoms with E-state index in [0.29, 0.717) is 11.5 Å². The zero-order chi connectivity index (χ0) is 18.6. The fourth-order valence-electron chi connectivity index (χ4n) is 3.47. The molecule has 3 aromatic rings. The predicted molar refractivity (Wildman–Crippen MR) is 111 cm³/mol. The smallest absolute Gasteiger partial charge is 0.271 e. The number of hydrogen-bond acceptors (Lipinski definition) is 6. The third-order valence-corrected chi connectivity index (χ3v) is 5.65. The molecule has 1 saturated heterocycles. The molecule has 0 saturated carbocycles. The standard InChI is InChI=1S/C19H21N5O2S.ClH/c25-17-16(12-22-19-23(17)10-11-27-19)18(26)24(13-14-4-1-2-8-21-14)15-5-3-7-20-9-6-15;/h1-2,4,8,10-12,15,20H,3,5-7,9,13H2;1H. The maximum Gasteiger partial charge on any atom is 0.271 e. The van der Waals surface area contributed by atoms with Gasteiger partial charge in [0, 0.05) is 30.0 Å². The predicted octanol–water partition coefficient (Wildman–Crippen LogP) is 2.36. The Morgan fingerprint density at radius 2 is 2.18 bits per heavy atom. The molecule has 1 amide bonds. The Hall–Kier alpha value is -2.29. The van der Waals surface area contributed by atoms with Crippen molar-refractivity contribution in [2.45, 2.75) is 31.8 Å². The summed E-state index contributed by atoms with van der Waals surface area (Å²) in [5, 5.41) is 5.17. The van der Waals surface area contributed by atoms with Crippen LogP contribution in [0.5, 0.6) is 0 Å². The third kappa shape index (κ3) is 4.24. The van der Waals surface area contributed by atoms with E-state index in [0.717, 1.165) is 38.0 Å². The lowest BCUT2D eigenvalue weighted by Crippen LogP contribution is -2.43. The summed E-state index contributed by atoms with van der Waals surface area (Å²) in [6.07, 6.45) is 7.55. The van der Waals surface area contributed by atoms with Crippen LogP contribution >= 0.6 is 23.7 Å². The number of carbonyl (C=O) groups excluding carboxylic acids is 1. The first-order chi connectivity index (χ1) is 13.2. The van der Waals surface area contributed by atoms with Crippen molar-refractivity contribution < 1.29 is 4.79 Å². The molecule has 1 fully saturated rings. The molecule has 7 nitrogen and oxygen atoms in total. The van der Waals surface area contributed by atoms with E-state index >= 15 is 0 Å². The van der Waals surface area contributed by atoms with Crippen LogP contribution in [-0.4, -0.2) is 44.3 Å². The molecule has 0 bridgehead atoms. The Kier molecular flexibility index (Phi) is 6.77. The van der Waals surface area contributed by atoms with E-state index in [1.54, 1.807) is 22.7 Å². The van der Waals surface area contributed by atoms with Gasteiger partial charge in [0.1, 0.15) is 5.56 Å². The lowest BCUT2D eigenvalue weighted by molar-refractivity contribution is 0.0640. The van der Waals surface area contributed by atoms with Gasteiger partial charge in [0.15, 0.2) is 4.96 Å². The van der Waals surface area contributed by atoms with Crippen LogP contribution in [0.2, 0.25) is 0 Å². The molecule has 1 atom stereocenters. The van der Waals surface area contributed by atoms with Crippen LogP contribution < -0.4 is 10.9 Å². The average Bonchev–Trinajstić information content (AvgIpc) is 3.02. The van der Waals surface area contributed by atoms with Gasteiger partial charge in [-0.3, -0.25) is 19.0 Å². The molecule has 4 rings (SSSR count). The highest BCUT2D eigenvalue weighted by atomic mass is 35.5. The van der Waals surface area contributed by atoms with E-state index < -0.39 is 0 Å². The number of carbonyl (C=O) groups is 1. The number of nitrogens with zero attached hydrogens (tertiary/aromatic N) is 4. The molecule has 9 heteroatoms. The number of hydrogen-bond donors (Lipinski definition) is 1. The topological polar surface area (TPSA) is 79.6 Å². The van der Waals surface area contributed by atoms with Crippen LogP contribution in [-0.2, 0) is 6.54 Å². The molecule has 4 heterocycles. The fraction of sp³-hybridized carbons (Fsp3) is 0.368. The molecule has 0 spiro atoms. The van der Waals surface area contributed by atoms with E-state index in [9.17, 15) is 9.59 Å². The Balaban J connectivity index is 0.00000225. The summed E-state index contributed by atoms with van der Waals surface area (Å²) in [7, 11) is 0. The molecule has 0 aliphatic carbocycles. The Morgan fingerprint density at radius 3 is 3.00 bits per heavy atom. The number of halogens is 1. The number of nitrogens with one attached hydrogen (secondary N) is 1. The average molecular weight is 420 g/mol. The molecule has 1 unspecified atom stereocenters. The molecule has 3 aromatic heterocycles. The molecule has 1 N–H and O–H groups in total. The summed E-state index contributed by atoms with van der Waals surface area (Å²) >= 11 is 1.37. The zero-order valence-corrected chi connectivity index (χ0v) is 16.9. The number of aromatic nitrogens is 3. The maximum atomic E-state index is 13.4. The van der Waals surface area contributed by atoms with Crippen molar-refractivity contribution >= 4 is 34.6 Å². The second-order valence-corrected chi connectivity index (χ2v) is 7.49. The van der Waals surface area contributed by atoms with Crippen LogP contribution in [0.25, 0.3) is 4.96 Å². The van der Waals surface area contributed by atoms with Crippen LogP contribution in [0.4, 0.5) is 0 Å². The van der Waals surface area contributed by atoms with Gasteiger partial charge in [0.05, 0.1) is 12.2 Å². The van der Waals surface area contributed by atoms with Crippen molar-refractivity contribution in [1.82, 2.24) is 24.6 Å². The lowest BCUT2D eigenvalue weighted by atomic mass is 10.1. The van der Waals surface area contributed by atoms with E-state index in [-0.39, 0.29) is 35.5 Å². The SMILES string of the molecule is Cl.O=C(c1cnc2sccn2c1=O)N(Cc1ccccn1)C1CCCNCC1. The van der Waals surface area contributed by atoms with Gasteiger partial charge >= 0.3 is 0 Å². The third-order valence-electron chi connectivity index (χ3n) is 4.88. The van der Waals surface area contributed by atoms with Gasteiger partial charge in [-0.15, -0.1) is 23.7 Å². The van der Waals surface area contributed by atoms with Gasteiger partial charge in [-0.1, -0.05) is 6.07 Å². The van der Waals surface area contributed by atoms with E-state index in [1.807, 2.05) is 18.2 Å². The first kappa shape index (κ1) is 20.4. The van der Waals surface area contributed by atoms with Crippen LogP contribution in [0.1, 0.15) is 35.3 Å². The van der Waals surface area contributed by atoms with E-state index in [4.69, 9.17) is 0 Å². The Labute approximate surface area is 172 Å². The minimum Gasteiger partial charge on any atom is -0.329 e. The molecule has 0 aromatic carbocycles. The number of pyridine rings is 1. The molecular weight excluding hydrogens is 398 g/mol. The van der Waals surface area contributed by atoms with Crippen LogP contribution in [0.3, 0.4) is 0 Å². The van der Waals surface area contributed by atoms with Gasteiger partial charge in [-0.05, 0) is 44.5 Å². The second kappa shape index (κ2) is 9.27. The second-order valence-electron chi connectivity index (χ2n) is 6.62. The summed E-state index contributed by atoms with van der Waals surface area (Å²) in [4.78, 5) is 37.2. The van der Waals surface area contributed by atoms with Crippen molar-refractivity contribution in [3.8, 4) is 0 Å². The highest BCUT2D eigenvalue weighted by Crippen LogP contribution is 2.19. The zero-order valence-electron chi connectivity index (χ0n) is 15.3. The number of thiazole rings is 1. The molecule has 1 aliphatic rings. The number of fused-ring (bicyclic) bond motifs is 1. The monoisotopic (exact) mass is 419 g/mol. The van der Waals surface area contributed by atoms with Crippen molar-refractivity contribution in [2.24, 2.45) is 0 Å². The normalized spacial score (nSPS) is 16.9. The quantitative estimate of drug-likeness (QED) is 0.702. The lowest BCUT2D eigenvalue weighted by Gasteiger charge is -2.30. The summed E-state index contributed by atoms with van der Waals surface area (Å²) in [6, 6.07) is 5.74. The van der Waals surface area contributed by atoms with Crippen molar-refractivity contribution in [3.63, 3.8) is 0 Å². The van der Waals surface area contributed by atoms with Gasteiger partial charge in [-0.2, -0.15) is 0 Å². The molecular formula is C19H22ClN5O2S. The van der Waals surface area contributed by atoms with Crippen molar-refractivity contribution in [3.05, 3.63) is 63.8 Å². The Morgan fingerprint density at radius 1 is 1.29 bits per heavy atom. The summed E-state index contributed by atoms with van der Waals surface area (Å²) < 4.78 is 1.44. The maximum absolute atomic E-state index is 13.4. The summed E-state index contributed by atoms with van der Waals surface area (Å²) in [5.74, 6) is -0.273. The van der Waals surface area contributed by atoms with Crippen molar-refractivity contribution in [1.29, 1.82) is 0 Å². The fourth-order valence-corrected chi connectivity index (χ4v) is 4.15. The van der Waals surface area contributed by atoms with Gasteiger partial charge in [0.25, 0.3) is 11.5 Å². The molecule has 1 aliphatic heterocycles. The van der Waals surface area contributed by atoms with Gasteiger partial charge in [-0.25, -0.2) is 4.98 Å². The van der Waals surface area contributed by atoms with Crippen LogP contribution in [0.15, 0.2) is 47.0 Å². The number of rotatable bonds is 4. The minimum absolute atomic E-state index is 0. The summed E-state index contributed by atoms with van der Waals surface area (Å²) in [6.45, 7) is 2.20. The first-order valence-electron chi connectivity index (χ1n) is 9.10. The van der Waals surface area contributed by atoms with Gasteiger partial charge < -0.3 is 10.2 Å². The van der Waals surface area contributed by atoms with E-state index in [1.165, 1.54) is 21.9 Å². The van der Waals surface area contributed by atoms with Crippen molar-refractivity contribution in [2.75, 3.05) is 13.1 Å².